The van der Waals surface area contributed by atoms with Gasteiger partial charge < -0.3 is 16.0 Å². The lowest BCUT2D eigenvalue weighted by Crippen LogP contribution is -2.37. The molecule has 0 radical (unpaired) electrons. The molecule has 0 aliphatic rings. The lowest BCUT2D eigenvalue weighted by molar-refractivity contribution is -0.120. The molecule has 0 atom stereocenters. The van der Waals surface area contributed by atoms with Crippen molar-refractivity contribution in [3.63, 3.8) is 0 Å². The third-order valence-corrected chi connectivity index (χ3v) is 8.28. The van der Waals surface area contributed by atoms with Crippen LogP contribution >= 0.6 is 11.3 Å². The predicted molar refractivity (Wildman–Crippen MR) is 145 cm³/mol. The van der Waals surface area contributed by atoms with Gasteiger partial charge in [-0.2, -0.15) is 0 Å². The number of amides is 2. The highest BCUT2D eigenvalue weighted by Crippen LogP contribution is 2.29. The van der Waals surface area contributed by atoms with E-state index in [2.05, 4.69) is 25.9 Å². The average molecular weight is 571 g/mol. The lowest BCUT2D eigenvalue weighted by atomic mass is 10.1. The summed E-state index contributed by atoms with van der Waals surface area (Å²) in [6.45, 7) is 2.21. The molecule has 0 saturated heterocycles. The Balaban J connectivity index is 1.43. The topological polar surface area (TPSA) is 135 Å². The maximum Gasteiger partial charge on any atom is 0.269 e. The molecule has 3 N–H and O–H groups in total. The van der Waals surface area contributed by atoms with Gasteiger partial charge in [0.25, 0.3) is 15.9 Å². The quantitative estimate of drug-likeness (QED) is 0.252. The second kappa shape index (κ2) is 12.3. The van der Waals surface area contributed by atoms with E-state index in [1.54, 1.807) is 26.1 Å². The van der Waals surface area contributed by atoms with E-state index in [1.165, 1.54) is 60.4 Å². The summed E-state index contributed by atoms with van der Waals surface area (Å²) in [5.74, 6) is -1.35. The number of benzene rings is 1. The molecule has 0 aliphatic carbocycles. The summed E-state index contributed by atoms with van der Waals surface area (Å²) >= 11 is 1.24. The molecule has 4 aromatic rings. The standard InChI is InChI=1S/C26H27FN6O4S2/c1-17-31-14-24(38-17)26(35)32-15-25(34)30-9-7-18-5-6-21(22(27)10-18)23-11-19(12-28-2)16-33(23)39(36,37)20-4-3-8-29-13-20/h3-6,8,10-11,13-14,16,28H,7,9,12,15H2,1-2H3,(H,30,34)(H,32,35). The smallest absolute Gasteiger partial charge is 0.269 e. The van der Waals surface area contributed by atoms with Gasteiger partial charge in [-0.1, -0.05) is 6.07 Å². The fourth-order valence-electron chi connectivity index (χ4n) is 3.85. The summed E-state index contributed by atoms with van der Waals surface area (Å²) in [6.07, 6.45) is 5.98. The summed E-state index contributed by atoms with van der Waals surface area (Å²) in [5.41, 5.74) is 1.60. The Bertz CT molecular complexity index is 1580. The van der Waals surface area contributed by atoms with Crippen molar-refractivity contribution >= 4 is 33.2 Å². The molecule has 4 rings (SSSR count). The van der Waals surface area contributed by atoms with Gasteiger partial charge >= 0.3 is 0 Å². The van der Waals surface area contributed by atoms with Crippen LogP contribution in [0.4, 0.5) is 4.39 Å². The van der Waals surface area contributed by atoms with Gasteiger partial charge in [-0.15, -0.1) is 11.3 Å². The first-order valence-electron chi connectivity index (χ1n) is 12.0. The van der Waals surface area contributed by atoms with E-state index in [0.717, 1.165) is 8.98 Å². The normalized spacial score (nSPS) is 11.4. The summed E-state index contributed by atoms with van der Waals surface area (Å²) in [6, 6.07) is 9.12. The summed E-state index contributed by atoms with van der Waals surface area (Å²) in [4.78, 5) is 32.5. The SMILES string of the molecule is CNCc1cc(-c2ccc(CCNC(=O)CNC(=O)c3cnc(C)s3)cc2F)n(S(=O)(=O)c2cccnc2)c1. The first kappa shape index (κ1) is 28.1. The Morgan fingerprint density at radius 2 is 1.92 bits per heavy atom. The van der Waals surface area contributed by atoms with Gasteiger partial charge in [-0.05, 0) is 61.9 Å². The molecule has 3 heterocycles. The summed E-state index contributed by atoms with van der Waals surface area (Å²) in [5, 5.41) is 8.95. The molecule has 0 fully saturated rings. The number of hydrogen-bond donors (Lipinski definition) is 3. The van der Waals surface area contributed by atoms with Gasteiger partial charge in [-0.3, -0.25) is 14.6 Å². The first-order valence-corrected chi connectivity index (χ1v) is 14.2. The second-order valence-corrected chi connectivity index (χ2v) is 11.6. The van der Waals surface area contributed by atoms with Gasteiger partial charge in [0, 0.05) is 37.2 Å². The summed E-state index contributed by atoms with van der Waals surface area (Å²) in [7, 11) is -2.28. The van der Waals surface area contributed by atoms with E-state index in [9.17, 15) is 18.0 Å². The third kappa shape index (κ3) is 6.74. The number of rotatable bonds is 11. The molecule has 13 heteroatoms. The highest BCUT2D eigenvalue weighted by atomic mass is 32.2. The molecule has 39 heavy (non-hydrogen) atoms. The fraction of sp³-hybridized carbons (Fsp3) is 0.231. The fourth-order valence-corrected chi connectivity index (χ4v) is 5.90. The van der Waals surface area contributed by atoms with Crippen molar-refractivity contribution in [1.29, 1.82) is 0 Å². The number of thiazole rings is 1. The molecule has 204 valence electrons. The predicted octanol–water partition coefficient (Wildman–Crippen LogP) is 2.50. The van der Waals surface area contributed by atoms with Crippen LogP contribution in [0, 0.1) is 12.7 Å². The van der Waals surface area contributed by atoms with Crippen molar-refractivity contribution in [2.75, 3.05) is 20.1 Å². The van der Waals surface area contributed by atoms with E-state index >= 15 is 4.39 Å². The van der Waals surface area contributed by atoms with E-state index in [0.29, 0.717) is 29.0 Å². The molecule has 0 saturated carbocycles. The van der Waals surface area contributed by atoms with Crippen LogP contribution in [0.25, 0.3) is 11.3 Å². The van der Waals surface area contributed by atoms with Crippen molar-refractivity contribution in [2.45, 2.75) is 24.8 Å². The number of carbonyl (C=O) groups is 2. The number of aromatic nitrogens is 3. The maximum atomic E-state index is 15.3. The van der Waals surface area contributed by atoms with Crippen molar-refractivity contribution < 1.29 is 22.4 Å². The van der Waals surface area contributed by atoms with Crippen LogP contribution in [0.5, 0.6) is 0 Å². The van der Waals surface area contributed by atoms with E-state index in [1.807, 2.05) is 0 Å². The first-order chi connectivity index (χ1) is 18.7. The molecule has 2 amide bonds. The minimum atomic E-state index is -4.01. The van der Waals surface area contributed by atoms with E-state index < -0.39 is 15.8 Å². The third-order valence-electron chi connectivity index (χ3n) is 5.71. The number of pyridine rings is 1. The number of nitrogens with one attached hydrogen (secondary N) is 3. The highest BCUT2D eigenvalue weighted by Gasteiger charge is 2.23. The van der Waals surface area contributed by atoms with Gasteiger partial charge in [-0.25, -0.2) is 21.8 Å². The number of aryl methyl sites for hydroxylation is 1. The van der Waals surface area contributed by atoms with Crippen LogP contribution in [0.1, 0.15) is 25.8 Å². The Hall–Kier alpha value is -3.94. The zero-order valence-corrected chi connectivity index (χ0v) is 22.9. The van der Waals surface area contributed by atoms with Crippen molar-refractivity contribution in [2.24, 2.45) is 0 Å². The van der Waals surface area contributed by atoms with Gasteiger partial charge in [0.05, 0.1) is 23.4 Å². The average Bonchev–Trinajstić information content (AvgIpc) is 3.55. The number of nitrogens with zero attached hydrogens (tertiary/aromatic N) is 3. The van der Waals surface area contributed by atoms with E-state index in [4.69, 9.17) is 0 Å². The Morgan fingerprint density at radius 1 is 1.10 bits per heavy atom. The minimum absolute atomic E-state index is 0.0102. The van der Waals surface area contributed by atoms with Crippen molar-refractivity contribution in [3.8, 4) is 11.3 Å². The van der Waals surface area contributed by atoms with Crippen LogP contribution in [0.15, 0.2) is 66.1 Å². The van der Waals surface area contributed by atoms with Crippen LogP contribution in [-0.2, 0) is 27.8 Å². The second-order valence-electron chi connectivity index (χ2n) is 8.59. The monoisotopic (exact) mass is 570 g/mol. The number of halogens is 1. The largest absolute Gasteiger partial charge is 0.354 e. The molecule has 0 bridgehead atoms. The lowest BCUT2D eigenvalue weighted by Gasteiger charge is -2.12. The molecule has 10 nitrogen and oxygen atoms in total. The van der Waals surface area contributed by atoms with Gasteiger partial charge in [0.2, 0.25) is 5.91 Å². The molecule has 3 aromatic heterocycles. The zero-order chi connectivity index (χ0) is 28.0. The molecular formula is C26H27FN6O4S2. The van der Waals surface area contributed by atoms with Crippen LogP contribution in [-0.4, -0.2) is 54.3 Å². The highest BCUT2D eigenvalue weighted by molar-refractivity contribution is 7.90. The van der Waals surface area contributed by atoms with Crippen LogP contribution in [0.2, 0.25) is 0 Å². The molecule has 0 spiro atoms. The maximum absolute atomic E-state index is 15.3. The number of hydrogen-bond acceptors (Lipinski definition) is 8. The Labute approximate surface area is 229 Å². The summed E-state index contributed by atoms with van der Waals surface area (Å²) < 4.78 is 43.0. The van der Waals surface area contributed by atoms with Crippen LogP contribution in [0.3, 0.4) is 0 Å². The number of carbonyl (C=O) groups excluding carboxylic acids is 2. The Morgan fingerprint density at radius 3 is 2.59 bits per heavy atom. The molecule has 0 unspecified atom stereocenters. The molecular weight excluding hydrogens is 543 g/mol. The molecule has 1 aromatic carbocycles. The van der Waals surface area contributed by atoms with E-state index in [-0.39, 0.29) is 41.1 Å². The van der Waals surface area contributed by atoms with Crippen molar-refractivity contribution in [3.05, 3.63) is 88.0 Å². The Kier molecular flexibility index (Phi) is 8.84. The van der Waals surface area contributed by atoms with Gasteiger partial charge in [0.1, 0.15) is 15.6 Å². The van der Waals surface area contributed by atoms with Gasteiger partial charge in [0.15, 0.2) is 0 Å². The van der Waals surface area contributed by atoms with Crippen LogP contribution < -0.4 is 16.0 Å². The molecule has 0 aliphatic heterocycles. The zero-order valence-electron chi connectivity index (χ0n) is 21.3. The minimum Gasteiger partial charge on any atom is -0.354 e. The van der Waals surface area contributed by atoms with Crippen molar-refractivity contribution in [1.82, 2.24) is 29.9 Å².